The molecule has 0 bridgehead atoms. The van der Waals surface area contributed by atoms with E-state index in [2.05, 4.69) is 15.0 Å². The molecular formula is C18H13Cl2N3O3S2. The van der Waals surface area contributed by atoms with Gasteiger partial charge in [0, 0.05) is 23.3 Å². The molecule has 2 N–H and O–H groups in total. The first-order valence-electron chi connectivity index (χ1n) is 7.80. The lowest BCUT2D eigenvalue weighted by Gasteiger charge is -2.07. The standard InChI is InChI=1S/C18H13Cl2N3O3S2/c19-15-7-1-12(11-16(15)20)2-8-17(24)22-13-3-5-14(6-4-13)28(25,26)23-18-21-9-10-27-18/h1-11H,(H,21,23)(H,22,24). The van der Waals surface area contributed by atoms with Gasteiger partial charge in [0.1, 0.15) is 0 Å². The molecule has 0 radical (unpaired) electrons. The molecule has 0 saturated heterocycles. The molecule has 0 aliphatic rings. The maximum Gasteiger partial charge on any atom is 0.263 e. The summed E-state index contributed by atoms with van der Waals surface area (Å²) >= 11 is 13.0. The van der Waals surface area contributed by atoms with Crippen LogP contribution >= 0.6 is 34.5 Å². The van der Waals surface area contributed by atoms with E-state index in [1.807, 2.05) is 0 Å². The van der Waals surface area contributed by atoms with Crippen molar-refractivity contribution in [3.05, 3.63) is 75.7 Å². The van der Waals surface area contributed by atoms with Crippen LogP contribution in [0.4, 0.5) is 10.8 Å². The Hall–Kier alpha value is -2.39. The second-order valence-electron chi connectivity index (χ2n) is 5.46. The summed E-state index contributed by atoms with van der Waals surface area (Å²) in [5, 5.41) is 5.43. The van der Waals surface area contributed by atoms with E-state index in [0.717, 1.165) is 5.56 Å². The van der Waals surface area contributed by atoms with E-state index < -0.39 is 10.0 Å². The van der Waals surface area contributed by atoms with Gasteiger partial charge in [0.2, 0.25) is 5.91 Å². The molecular weight excluding hydrogens is 441 g/mol. The highest BCUT2D eigenvalue weighted by atomic mass is 35.5. The van der Waals surface area contributed by atoms with Crippen molar-refractivity contribution < 1.29 is 13.2 Å². The molecule has 10 heteroatoms. The van der Waals surface area contributed by atoms with Crippen LogP contribution in [0.15, 0.2) is 65.0 Å². The van der Waals surface area contributed by atoms with E-state index in [0.29, 0.717) is 15.7 Å². The predicted molar refractivity (Wildman–Crippen MR) is 113 cm³/mol. The second-order valence-corrected chi connectivity index (χ2v) is 8.85. The van der Waals surface area contributed by atoms with E-state index in [1.165, 1.54) is 47.9 Å². The normalized spacial score (nSPS) is 11.5. The second kappa shape index (κ2) is 8.74. The predicted octanol–water partition coefficient (Wildman–Crippen LogP) is 4.90. The van der Waals surface area contributed by atoms with Gasteiger partial charge in [0.05, 0.1) is 14.9 Å². The molecule has 6 nitrogen and oxygen atoms in total. The number of halogens is 2. The minimum atomic E-state index is -3.73. The summed E-state index contributed by atoms with van der Waals surface area (Å²) < 4.78 is 26.9. The van der Waals surface area contributed by atoms with Crippen LogP contribution in [0.1, 0.15) is 5.56 Å². The summed E-state index contributed by atoms with van der Waals surface area (Å²) in [7, 11) is -3.73. The van der Waals surface area contributed by atoms with Crippen molar-refractivity contribution in [2.75, 3.05) is 10.0 Å². The molecule has 0 spiro atoms. The Bertz CT molecular complexity index is 1110. The minimum Gasteiger partial charge on any atom is -0.323 e. The Morgan fingerprint density at radius 3 is 2.46 bits per heavy atom. The lowest BCUT2D eigenvalue weighted by atomic mass is 10.2. The first-order chi connectivity index (χ1) is 13.3. The van der Waals surface area contributed by atoms with Gasteiger partial charge in [-0.3, -0.25) is 9.52 Å². The maximum absolute atomic E-state index is 12.3. The molecule has 0 aliphatic heterocycles. The van der Waals surface area contributed by atoms with E-state index in [-0.39, 0.29) is 15.9 Å². The van der Waals surface area contributed by atoms with Gasteiger partial charge in [-0.05, 0) is 48.0 Å². The van der Waals surface area contributed by atoms with Crippen molar-refractivity contribution in [2.24, 2.45) is 0 Å². The van der Waals surface area contributed by atoms with Crippen LogP contribution in [0.2, 0.25) is 10.0 Å². The summed E-state index contributed by atoms with van der Waals surface area (Å²) in [5.41, 5.74) is 1.18. The van der Waals surface area contributed by atoms with Crippen LogP contribution in [0.3, 0.4) is 0 Å². The summed E-state index contributed by atoms with van der Waals surface area (Å²) in [4.78, 5) is 16.0. The summed E-state index contributed by atoms with van der Waals surface area (Å²) in [6, 6.07) is 10.8. The van der Waals surface area contributed by atoms with Crippen LogP contribution in [0.25, 0.3) is 6.08 Å². The largest absolute Gasteiger partial charge is 0.323 e. The highest BCUT2D eigenvalue weighted by molar-refractivity contribution is 7.93. The van der Waals surface area contributed by atoms with Gasteiger partial charge in [0.25, 0.3) is 10.0 Å². The van der Waals surface area contributed by atoms with Crippen LogP contribution in [-0.2, 0) is 14.8 Å². The van der Waals surface area contributed by atoms with Crippen LogP contribution in [-0.4, -0.2) is 19.3 Å². The zero-order chi connectivity index (χ0) is 20.1. The lowest BCUT2D eigenvalue weighted by molar-refractivity contribution is -0.111. The SMILES string of the molecule is O=C(C=Cc1ccc(Cl)c(Cl)c1)Nc1ccc(S(=O)(=O)Nc2nccs2)cc1. The highest BCUT2D eigenvalue weighted by Crippen LogP contribution is 2.23. The molecule has 0 aliphatic carbocycles. The molecule has 3 aromatic rings. The Balaban J connectivity index is 1.64. The van der Waals surface area contributed by atoms with Crippen LogP contribution in [0.5, 0.6) is 0 Å². The van der Waals surface area contributed by atoms with Gasteiger partial charge in [-0.2, -0.15) is 0 Å². The topological polar surface area (TPSA) is 88.2 Å². The number of thiazole rings is 1. The third-order valence-electron chi connectivity index (χ3n) is 3.46. The van der Waals surface area contributed by atoms with Crippen molar-refractivity contribution in [1.29, 1.82) is 0 Å². The van der Waals surface area contributed by atoms with Gasteiger partial charge in [0.15, 0.2) is 5.13 Å². The van der Waals surface area contributed by atoms with Crippen molar-refractivity contribution in [1.82, 2.24) is 4.98 Å². The molecule has 0 fully saturated rings. The Morgan fingerprint density at radius 1 is 1.07 bits per heavy atom. The zero-order valence-corrected chi connectivity index (χ0v) is 17.2. The number of amides is 1. The van der Waals surface area contributed by atoms with Gasteiger partial charge < -0.3 is 5.32 Å². The smallest absolute Gasteiger partial charge is 0.263 e. The summed E-state index contributed by atoms with van der Waals surface area (Å²) in [5.74, 6) is -0.373. The number of aromatic nitrogens is 1. The summed E-state index contributed by atoms with van der Waals surface area (Å²) in [6.07, 6.45) is 4.44. The van der Waals surface area contributed by atoms with Crippen molar-refractivity contribution in [3.8, 4) is 0 Å². The average molecular weight is 454 g/mol. The molecule has 144 valence electrons. The number of hydrogen-bond acceptors (Lipinski definition) is 5. The van der Waals surface area contributed by atoms with E-state index >= 15 is 0 Å². The number of carbonyl (C=O) groups excluding carboxylic acids is 1. The molecule has 1 aromatic heterocycles. The Morgan fingerprint density at radius 2 is 1.82 bits per heavy atom. The fourth-order valence-corrected chi connectivity index (χ4v) is 4.23. The van der Waals surface area contributed by atoms with Gasteiger partial charge in [-0.25, -0.2) is 13.4 Å². The fraction of sp³-hybridized carbons (Fsp3) is 0. The lowest BCUT2D eigenvalue weighted by Crippen LogP contribution is -2.13. The Kier molecular flexibility index (Phi) is 6.35. The highest BCUT2D eigenvalue weighted by Gasteiger charge is 2.15. The first-order valence-corrected chi connectivity index (χ1v) is 10.9. The number of nitrogens with zero attached hydrogens (tertiary/aromatic N) is 1. The number of anilines is 2. The molecule has 0 unspecified atom stereocenters. The van der Waals surface area contributed by atoms with Crippen molar-refractivity contribution in [3.63, 3.8) is 0 Å². The Labute approximate surface area is 175 Å². The molecule has 1 amide bonds. The maximum atomic E-state index is 12.3. The number of rotatable bonds is 6. The molecule has 0 saturated carbocycles. The number of benzene rings is 2. The molecule has 28 heavy (non-hydrogen) atoms. The average Bonchev–Trinajstić information content (AvgIpc) is 3.15. The van der Waals surface area contributed by atoms with Crippen molar-refractivity contribution in [2.45, 2.75) is 4.90 Å². The minimum absolute atomic E-state index is 0.0621. The quantitative estimate of drug-likeness (QED) is 0.519. The fourth-order valence-electron chi connectivity index (χ4n) is 2.14. The summed E-state index contributed by atoms with van der Waals surface area (Å²) in [6.45, 7) is 0. The molecule has 1 heterocycles. The molecule has 0 atom stereocenters. The third-order valence-corrected chi connectivity index (χ3v) is 6.37. The number of carbonyl (C=O) groups is 1. The first kappa shape index (κ1) is 20.3. The van der Waals surface area contributed by atoms with Crippen LogP contribution < -0.4 is 10.0 Å². The van der Waals surface area contributed by atoms with Gasteiger partial charge in [-0.15, -0.1) is 11.3 Å². The third kappa shape index (κ3) is 5.32. The monoisotopic (exact) mass is 453 g/mol. The van der Waals surface area contributed by atoms with Crippen LogP contribution in [0, 0.1) is 0 Å². The van der Waals surface area contributed by atoms with Gasteiger partial charge >= 0.3 is 0 Å². The number of nitrogens with one attached hydrogen (secondary N) is 2. The van der Waals surface area contributed by atoms with E-state index in [9.17, 15) is 13.2 Å². The van der Waals surface area contributed by atoms with E-state index in [4.69, 9.17) is 23.2 Å². The molecule has 3 rings (SSSR count). The zero-order valence-electron chi connectivity index (χ0n) is 14.1. The van der Waals surface area contributed by atoms with Gasteiger partial charge in [-0.1, -0.05) is 29.3 Å². The van der Waals surface area contributed by atoms with Crippen molar-refractivity contribution >= 4 is 67.4 Å². The van der Waals surface area contributed by atoms with E-state index in [1.54, 1.807) is 29.7 Å². The number of sulfonamides is 1. The molecule has 2 aromatic carbocycles. The number of hydrogen-bond donors (Lipinski definition) is 2.